The number of morpholine rings is 1. The van der Waals surface area contributed by atoms with Crippen LogP contribution < -0.4 is 5.32 Å². The number of nitrogens with zero attached hydrogens (tertiary/aromatic N) is 1. The molecule has 1 saturated heterocycles. The van der Waals surface area contributed by atoms with Gasteiger partial charge in [0.05, 0.1) is 38.3 Å². The number of ether oxygens (including phenoxy) is 1. The molecule has 1 fully saturated rings. The van der Waals surface area contributed by atoms with Gasteiger partial charge in [0.1, 0.15) is 0 Å². The Bertz CT molecular complexity index is 1200. The third-order valence-electron chi connectivity index (χ3n) is 5.46. The van der Waals surface area contributed by atoms with Crippen LogP contribution in [0.2, 0.25) is 10.0 Å². The van der Waals surface area contributed by atoms with Crippen LogP contribution in [0.5, 0.6) is 0 Å². The number of carboxylic acid groups (broad SMARTS) is 1. The molecule has 1 aliphatic rings. The van der Waals surface area contributed by atoms with Crippen molar-refractivity contribution in [3.8, 4) is 10.4 Å². The highest BCUT2D eigenvalue weighted by molar-refractivity contribution is 8.01. The normalized spacial score (nSPS) is 16.2. The van der Waals surface area contributed by atoms with E-state index in [-0.39, 0.29) is 17.6 Å². The molecule has 1 unspecified atom stereocenters. The van der Waals surface area contributed by atoms with Crippen molar-refractivity contribution >= 4 is 58.2 Å². The number of carbonyl (C=O) groups excluding carboxylic acids is 1. The number of carbonyl (C=O) groups is 2. The lowest BCUT2D eigenvalue weighted by atomic mass is 10.1. The molecule has 4 rings (SSSR count). The number of amides is 1. The highest BCUT2D eigenvalue weighted by Gasteiger charge is 2.21. The van der Waals surface area contributed by atoms with E-state index in [1.54, 1.807) is 24.3 Å². The lowest BCUT2D eigenvalue weighted by molar-refractivity contribution is -0.119. The molecule has 10 heteroatoms. The van der Waals surface area contributed by atoms with Crippen LogP contribution in [0.15, 0.2) is 58.8 Å². The van der Waals surface area contributed by atoms with E-state index >= 15 is 0 Å². The lowest BCUT2D eigenvalue weighted by Crippen LogP contribution is -2.47. The molecule has 2 aromatic carbocycles. The molecule has 184 valence electrons. The largest absolute Gasteiger partial charge is 0.478 e. The first-order valence-electron chi connectivity index (χ1n) is 11.0. The van der Waals surface area contributed by atoms with Gasteiger partial charge in [0.2, 0.25) is 5.91 Å². The number of hydrogen-bond acceptors (Lipinski definition) is 6. The molecule has 6 nitrogen and oxygen atoms in total. The van der Waals surface area contributed by atoms with Crippen LogP contribution in [0.3, 0.4) is 0 Å². The molecule has 35 heavy (non-hydrogen) atoms. The minimum atomic E-state index is -0.950. The van der Waals surface area contributed by atoms with Crippen molar-refractivity contribution in [1.29, 1.82) is 0 Å². The molecule has 0 bridgehead atoms. The summed E-state index contributed by atoms with van der Waals surface area (Å²) in [6.45, 7) is 3.34. The van der Waals surface area contributed by atoms with Crippen LogP contribution in [0.4, 0.5) is 0 Å². The zero-order valence-electron chi connectivity index (χ0n) is 18.7. The van der Waals surface area contributed by atoms with Gasteiger partial charge in [-0.3, -0.25) is 9.69 Å². The number of benzene rings is 2. The Balaban J connectivity index is 1.22. The van der Waals surface area contributed by atoms with Crippen molar-refractivity contribution in [3.63, 3.8) is 0 Å². The van der Waals surface area contributed by atoms with Gasteiger partial charge < -0.3 is 15.2 Å². The Kier molecular flexibility index (Phi) is 9.10. The van der Waals surface area contributed by atoms with Crippen molar-refractivity contribution in [2.75, 3.05) is 32.0 Å². The Morgan fingerprint density at radius 1 is 1.14 bits per heavy atom. The molecule has 0 saturated carbocycles. The Hall–Kier alpha value is -2.07. The molecule has 0 spiro atoms. The van der Waals surface area contributed by atoms with E-state index in [1.165, 1.54) is 23.1 Å². The number of aromatic carboxylic acids is 1. The molecule has 1 aliphatic heterocycles. The van der Waals surface area contributed by atoms with Crippen LogP contribution in [-0.4, -0.2) is 60.0 Å². The highest BCUT2D eigenvalue weighted by Crippen LogP contribution is 2.34. The fourth-order valence-corrected chi connectivity index (χ4v) is 5.99. The molecule has 0 radical (unpaired) electrons. The van der Waals surface area contributed by atoms with E-state index in [1.807, 2.05) is 30.3 Å². The number of thioether (sulfide) groups is 1. The molecule has 2 N–H and O–H groups in total. The van der Waals surface area contributed by atoms with Crippen LogP contribution in [0.1, 0.15) is 15.9 Å². The van der Waals surface area contributed by atoms with E-state index in [2.05, 4.69) is 10.2 Å². The second-order valence-corrected chi connectivity index (χ2v) is 11.2. The van der Waals surface area contributed by atoms with Crippen molar-refractivity contribution < 1.29 is 19.4 Å². The maximum absolute atomic E-state index is 12.4. The molecular formula is C25H24Cl2N2O4S2. The molecule has 1 atom stereocenters. The first-order valence-corrected chi connectivity index (χ1v) is 13.5. The summed E-state index contributed by atoms with van der Waals surface area (Å²) in [6.07, 6.45) is -0.0738. The fourth-order valence-electron chi connectivity index (χ4n) is 3.72. The predicted octanol–water partition coefficient (Wildman–Crippen LogP) is 5.53. The third-order valence-corrected chi connectivity index (χ3v) is 8.56. The van der Waals surface area contributed by atoms with E-state index in [4.69, 9.17) is 27.9 Å². The molecule has 1 aromatic heterocycles. The Labute approximate surface area is 222 Å². The predicted molar refractivity (Wildman–Crippen MR) is 142 cm³/mol. The van der Waals surface area contributed by atoms with Crippen molar-refractivity contribution in [2.45, 2.75) is 16.9 Å². The summed E-state index contributed by atoms with van der Waals surface area (Å²) in [6, 6.07) is 16.4. The first-order chi connectivity index (χ1) is 16.9. The zero-order valence-corrected chi connectivity index (χ0v) is 21.9. The Morgan fingerprint density at radius 3 is 2.80 bits per heavy atom. The number of rotatable bonds is 9. The second kappa shape index (κ2) is 12.3. The quantitative estimate of drug-likeness (QED) is 0.341. The summed E-state index contributed by atoms with van der Waals surface area (Å²) in [7, 11) is 0. The number of hydrogen-bond donors (Lipinski definition) is 2. The molecule has 0 aliphatic carbocycles. The van der Waals surface area contributed by atoms with Gasteiger partial charge in [-0.2, -0.15) is 0 Å². The van der Waals surface area contributed by atoms with Gasteiger partial charge >= 0.3 is 5.97 Å². The first kappa shape index (κ1) is 26.0. The average Bonchev–Trinajstić information content (AvgIpc) is 3.33. The monoisotopic (exact) mass is 550 g/mol. The standard InChI is InChI=1S/C25H24Cl2N2O4S2/c26-20-5-4-16(10-21(20)27)13-29-8-9-33-19(14-29)12-28-23(30)15-34-24-7-6-22(35-24)17-2-1-3-18(11-17)25(31)32/h1-7,10-11,19H,8-9,12-15H2,(H,28,30)(H,31,32). The summed E-state index contributed by atoms with van der Waals surface area (Å²) in [5.41, 5.74) is 2.20. The molecule has 2 heterocycles. The van der Waals surface area contributed by atoms with Crippen LogP contribution in [-0.2, 0) is 16.1 Å². The summed E-state index contributed by atoms with van der Waals surface area (Å²) in [4.78, 5) is 26.9. The van der Waals surface area contributed by atoms with E-state index < -0.39 is 5.97 Å². The molecule has 3 aromatic rings. The topological polar surface area (TPSA) is 78.9 Å². The van der Waals surface area contributed by atoms with E-state index in [0.717, 1.165) is 39.8 Å². The maximum Gasteiger partial charge on any atom is 0.335 e. The van der Waals surface area contributed by atoms with Gasteiger partial charge in [-0.25, -0.2) is 4.79 Å². The number of halogens is 2. The van der Waals surface area contributed by atoms with Gasteiger partial charge in [-0.1, -0.05) is 41.4 Å². The minimum Gasteiger partial charge on any atom is -0.478 e. The van der Waals surface area contributed by atoms with Gasteiger partial charge in [-0.15, -0.1) is 23.1 Å². The highest BCUT2D eigenvalue weighted by atomic mass is 35.5. The van der Waals surface area contributed by atoms with E-state index in [0.29, 0.717) is 28.9 Å². The van der Waals surface area contributed by atoms with Crippen LogP contribution in [0.25, 0.3) is 10.4 Å². The summed E-state index contributed by atoms with van der Waals surface area (Å²) < 4.78 is 6.83. The molecule has 1 amide bonds. The fraction of sp³-hybridized carbons (Fsp3) is 0.280. The SMILES string of the molecule is O=C(CSc1ccc(-c2cccc(C(=O)O)c2)s1)NCC1CN(Cc2ccc(Cl)c(Cl)c2)CCO1. The number of thiophene rings is 1. The van der Waals surface area contributed by atoms with Gasteiger partial charge in [0.25, 0.3) is 0 Å². The summed E-state index contributed by atoms with van der Waals surface area (Å²) in [5.74, 6) is -0.702. The van der Waals surface area contributed by atoms with Gasteiger partial charge in [0, 0.05) is 31.1 Å². The van der Waals surface area contributed by atoms with Crippen molar-refractivity contribution in [1.82, 2.24) is 10.2 Å². The zero-order chi connectivity index (χ0) is 24.8. The smallest absolute Gasteiger partial charge is 0.335 e. The number of carboxylic acids is 1. The molecular weight excluding hydrogens is 527 g/mol. The van der Waals surface area contributed by atoms with Crippen LogP contribution in [0, 0.1) is 0 Å². The average molecular weight is 552 g/mol. The Morgan fingerprint density at radius 2 is 2.00 bits per heavy atom. The second-order valence-electron chi connectivity index (χ2n) is 8.07. The van der Waals surface area contributed by atoms with Crippen molar-refractivity contribution in [2.24, 2.45) is 0 Å². The van der Waals surface area contributed by atoms with Gasteiger partial charge in [-0.05, 0) is 47.5 Å². The van der Waals surface area contributed by atoms with Crippen molar-refractivity contribution in [3.05, 3.63) is 75.8 Å². The lowest BCUT2D eigenvalue weighted by Gasteiger charge is -2.33. The van der Waals surface area contributed by atoms with E-state index in [9.17, 15) is 14.7 Å². The number of nitrogens with one attached hydrogen (secondary N) is 1. The van der Waals surface area contributed by atoms with Gasteiger partial charge in [0.15, 0.2) is 0 Å². The maximum atomic E-state index is 12.4. The summed E-state index contributed by atoms with van der Waals surface area (Å²) >= 11 is 15.1. The summed E-state index contributed by atoms with van der Waals surface area (Å²) in [5, 5.41) is 13.2. The van der Waals surface area contributed by atoms with Crippen LogP contribution >= 0.6 is 46.3 Å². The minimum absolute atomic E-state index is 0.0527. The third kappa shape index (κ3) is 7.46.